The summed E-state index contributed by atoms with van der Waals surface area (Å²) in [7, 11) is 3.43. The molecule has 0 unspecified atom stereocenters. The molecule has 0 amide bonds. The minimum Gasteiger partial charge on any atom is -0.497 e. The first-order valence-electron chi connectivity index (χ1n) is 5.88. The summed E-state index contributed by atoms with van der Waals surface area (Å²) in [4.78, 5) is 1.64. The van der Waals surface area contributed by atoms with Crippen LogP contribution in [0.15, 0.2) is 18.2 Å². The molecule has 1 aliphatic heterocycles. The highest BCUT2D eigenvalue weighted by molar-refractivity contribution is 5.39. The minimum atomic E-state index is 0.911. The standard InChI is InChI=1S/C13H19NO2/c1-15-12-5-6-13(16-2)11(9-12)10-14-7-3-4-8-14/h5-6,9H,3-4,7-8,10H2,1-2H3/p+1. The molecule has 2 rings (SSSR count). The van der Waals surface area contributed by atoms with Gasteiger partial charge in [-0.25, -0.2) is 0 Å². The van der Waals surface area contributed by atoms with Crippen LogP contribution >= 0.6 is 0 Å². The van der Waals surface area contributed by atoms with Crippen molar-refractivity contribution >= 4 is 0 Å². The molecule has 1 aromatic rings. The van der Waals surface area contributed by atoms with Crippen LogP contribution in [0.4, 0.5) is 0 Å². The maximum absolute atomic E-state index is 5.39. The highest BCUT2D eigenvalue weighted by atomic mass is 16.5. The molecule has 1 aromatic carbocycles. The second kappa shape index (κ2) is 5.21. The van der Waals surface area contributed by atoms with Crippen molar-refractivity contribution in [3.63, 3.8) is 0 Å². The van der Waals surface area contributed by atoms with E-state index in [4.69, 9.17) is 9.47 Å². The molecule has 0 saturated carbocycles. The molecule has 1 N–H and O–H groups in total. The highest BCUT2D eigenvalue weighted by Crippen LogP contribution is 2.23. The summed E-state index contributed by atoms with van der Waals surface area (Å²) in [5.41, 5.74) is 1.25. The molecule has 1 saturated heterocycles. The zero-order chi connectivity index (χ0) is 11.4. The van der Waals surface area contributed by atoms with E-state index in [-0.39, 0.29) is 0 Å². The van der Waals surface area contributed by atoms with Crippen LogP contribution in [-0.2, 0) is 6.54 Å². The molecule has 1 heterocycles. The predicted molar refractivity (Wildman–Crippen MR) is 63.2 cm³/mol. The lowest BCUT2D eigenvalue weighted by Crippen LogP contribution is -3.08. The van der Waals surface area contributed by atoms with Gasteiger partial charge >= 0.3 is 0 Å². The van der Waals surface area contributed by atoms with Crippen molar-refractivity contribution in [3.05, 3.63) is 23.8 Å². The second-order valence-electron chi connectivity index (χ2n) is 4.31. The van der Waals surface area contributed by atoms with Gasteiger partial charge in [0.05, 0.1) is 32.9 Å². The van der Waals surface area contributed by atoms with E-state index in [9.17, 15) is 0 Å². The van der Waals surface area contributed by atoms with Gasteiger partial charge in [-0.2, -0.15) is 0 Å². The third kappa shape index (κ3) is 2.47. The van der Waals surface area contributed by atoms with E-state index in [1.165, 1.54) is 31.5 Å². The van der Waals surface area contributed by atoms with E-state index in [0.29, 0.717) is 0 Å². The average Bonchev–Trinajstić information content (AvgIpc) is 2.82. The highest BCUT2D eigenvalue weighted by Gasteiger charge is 2.18. The minimum absolute atomic E-state index is 0.911. The molecule has 3 heteroatoms. The fraction of sp³-hybridized carbons (Fsp3) is 0.538. The maximum Gasteiger partial charge on any atom is 0.127 e. The third-order valence-corrected chi connectivity index (χ3v) is 3.24. The Hall–Kier alpha value is -1.22. The van der Waals surface area contributed by atoms with Gasteiger partial charge in [0, 0.05) is 12.8 Å². The van der Waals surface area contributed by atoms with Crippen molar-refractivity contribution in [2.24, 2.45) is 0 Å². The van der Waals surface area contributed by atoms with Gasteiger partial charge in [0.25, 0.3) is 0 Å². The fourth-order valence-corrected chi connectivity index (χ4v) is 2.34. The SMILES string of the molecule is COc1ccc(OC)c(C[NH+]2CCCC2)c1. The van der Waals surface area contributed by atoms with Gasteiger partial charge in [0.2, 0.25) is 0 Å². The Balaban J connectivity index is 2.15. The molecule has 0 bridgehead atoms. The van der Waals surface area contributed by atoms with Crippen LogP contribution in [0.3, 0.4) is 0 Å². The van der Waals surface area contributed by atoms with E-state index in [1.807, 2.05) is 12.1 Å². The third-order valence-electron chi connectivity index (χ3n) is 3.24. The lowest BCUT2D eigenvalue weighted by atomic mass is 10.2. The van der Waals surface area contributed by atoms with Gasteiger partial charge in [-0.3, -0.25) is 0 Å². The van der Waals surface area contributed by atoms with E-state index in [2.05, 4.69) is 6.07 Å². The van der Waals surface area contributed by atoms with Crippen molar-refractivity contribution in [3.8, 4) is 11.5 Å². The van der Waals surface area contributed by atoms with Crippen molar-refractivity contribution in [1.82, 2.24) is 0 Å². The summed E-state index contributed by atoms with van der Waals surface area (Å²) in [6, 6.07) is 6.02. The Morgan fingerprint density at radius 3 is 2.50 bits per heavy atom. The molecule has 3 nitrogen and oxygen atoms in total. The molecule has 0 spiro atoms. The summed E-state index contributed by atoms with van der Waals surface area (Å²) >= 11 is 0. The average molecular weight is 222 g/mol. The number of benzene rings is 1. The van der Waals surface area contributed by atoms with Gasteiger partial charge in [-0.05, 0) is 18.2 Å². The maximum atomic E-state index is 5.39. The van der Waals surface area contributed by atoms with Crippen LogP contribution < -0.4 is 14.4 Å². The molecule has 1 aliphatic rings. The lowest BCUT2D eigenvalue weighted by molar-refractivity contribution is -0.901. The van der Waals surface area contributed by atoms with Gasteiger partial charge < -0.3 is 14.4 Å². The monoisotopic (exact) mass is 222 g/mol. The van der Waals surface area contributed by atoms with Crippen LogP contribution in [0.25, 0.3) is 0 Å². The number of hydrogen-bond acceptors (Lipinski definition) is 2. The Kier molecular flexibility index (Phi) is 3.67. The predicted octanol–water partition coefficient (Wildman–Crippen LogP) is 0.882. The second-order valence-corrected chi connectivity index (χ2v) is 4.31. The van der Waals surface area contributed by atoms with Crippen LogP contribution in [0.1, 0.15) is 18.4 Å². The summed E-state index contributed by atoms with van der Waals surface area (Å²) in [6.07, 6.45) is 2.70. The Morgan fingerprint density at radius 1 is 1.12 bits per heavy atom. The Bertz CT molecular complexity index is 346. The largest absolute Gasteiger partial charge is 0.497 e. The summed E-state index contributed by atoms with van der Waals surface area (Å²) in [6.45, 7) is 3.60. The summed E-state index contributed by atoms with van der Waals surface area (Å²) in [5.74, 6) is 1.88. The zero-order valence-electron chi connectivity index (χ0n) is 10.1. The van der Waals surface area contributed by atoms with Crippen LogP contribution in [0.5, 0.6) is 11.5 Å². The molecule has 16 heavy (non-hydrogen) atoms. The van der Waals surface area contributed by atoms with Crippen molar-refractivity contribution in [2.75, 3.05) is 27.3 Å². The number of quaternary nitrogens is 1. The Labute approximate surface area is 97.0 Å². The first-order chi connectivity index (χ1) is 7.83. The van der Waals surface area contributed by atoms with Crippen LogP contribution in [0, 0.1) is 0 Å². The number of ether oxygens (including phenoxy) is 2. The number of likely N-dealkylation sites (tertiary alicyclic amines) is 1. The van der Waals surface area contributed by atoms with Gasteiger partial charge in [0.15, 0.2) is 0 Å². The van der Waals surface area contributed by atoms with E-state index in [1.54, 1.807) is 19.1 Å². The quantitative estimate of drug-likeness (QED) is 0.817. The normalized spacial score (nSPS) is 16.4. The lowest BCUT2D eigenvalue weighted by Gasteiger charge is -2.15. The molecule has 1 fully saturated rings. The number of nitrogens with one attached hydrogen (secondary N) is 1. The summed E-state index contributed by atoms with van der Waals surface area (Å²) in [5, 5.41) is 0. The smallest absolute Gasteiger partial charge is 0.127 e. The van der Waals surface area contributed by atoms with Crippen molar-refractivity contribution in [2.45, 2.75) is 19.4 Å². The van der Waals surface area contributed by atoms with E-state index < -0.39 is 0 Å². The van der Waals surface area contributed by atoms with Crippen molar-refractivity contribution in [1.29, 1.82) is 0 Å². The topological polar surface area (TPSA) is 22.9 Å². The number of hydrogen-bond donors (Lipinski definition) is 1. The molecule has 0 aliphatic carbocycles. The molecule has 88 valence electrons. The van der Waals surface area contributed by atoms with Crippen LogP contribution in [0.2, 0.25) is 0 Å². The molecule has 0 aromatic heterocycles. The molecular formula is C13H20NO2+. The van der Waals surface area contributed by atoms with E-state index in [0.717, 1.165) is 18.0 Å². The fourth-order valence-electron chi connectivity index (χ4n) is 2.34. The van der Waals surface area contributed by atoms with E-state index >= 15 is 0 Å². The molecular weight excluding hydrogens is 202 g/mol. The summed E-state index contributed by atoms with van der Waals surface area (Å²) < 4.78 is 10.6. The van der Waals surface area contributed by atoms with Gasteiger partial charge in [-0.15, -0.1) is 0 Å². The number of methoxy groups -OCH3 is 2. The first-order valence-corrected chi connectivity index (χ1v) is 5.88. The molecule has 0 radical (unpaired) electrons. The first kappa shape index (κ1) is 11.3. The van der Waals surface area contributed by atoms with Crippen molar-refractivity contribution < 1.29 is 14.4 Å². The van der Waals surface area contributed by atoms with Crippen LogP contribution in [-0.4, -0.2) is 27.3 Å². The number of rotatable bonds is 4. The molecule has 0 atom stereocenters. The van der Waals surface area contributed by atoms with Gasteiger partial charge in [-0.1, -0.05) is 0 Å². The Morgan fingerprint density at radius 2 is 1.88 bits per heavy atom. The zero-order valence-corrected chi connectivity index (χ0v) is 10.1. The van der Waals surface area contributed by atoms with Gasteiger partial charge in [0.1, 0.15) is 18.0 Å².